The number of aromatic nitrogens is 2. The summed E-state index contributed by atoms with van der Waals surface area (Å²) in [5.41, 5.74) is -1.15. The molecule has 0 N–H and O–H groups in total. The number of amides is 1. The first-order valence-corrected chi connectivity index (χ1v) is 8.10. The van der Waals surface area contributed by atoms with Gasteiger partial charge in [-0.25, -0.2) is 0 Å². The maximum Gasteiger partial charge on any atom is 0.417 e. The maximum absolute atomic E-state index is 13.1. The molecule has 0 aliphatic carbocycles. The molecular weight excluding hydrogens is 333 g/mol. The molecule has 1 fully saturated rings. The number of hydrogen-bond acceptors (Lipinski definition) is 3. The minimum absolute atomic E-state index is 0.278. The van der Waals surface area contributed by atoms with Crippen LogP contribution < -0.4 is 0 Å². The van der Waals surface area contributed by atoms with Gasteiger partial charge in [0.15, 0.2) is 0 Å². The van der Waals surface area contributed by atoms with Crippen LogP contribution in [0.3, 0.4) is 0 Å². The Balaban J connectivity index is 1.59. The molecule has 1 amide bonds. The minimum atomic E-state index is -4.53. The number of rotatable bonds is 4. The molecule has 134 valence electrons. The summed E-state index contributed by atoms with van der Waals surface area (Å²) in [5, 5.41) is 4.14. The van der Waals surface area contributed by atoms with E-state index in [-0.39, 0.29) is 5.56 Å². The molecule has 1 aromatic carbocycles. The van der Waals surface area contributed by atoms with Crippen molar-refractivity contribution in [3.05, 3.63) is 53.9 Å². The van der Waals surface area contributed by atoms with Crippen LogP contribution in [0.5, 0.6) is 0 Å². The molecule has 1 saturated heterocycles. The van der Waals surface area contributed by atoms with Crippen LogP contribution in [0.15, 0.2) is 42.7 Å². The highest BCUT2D eigenvalue weighted by molar-refractivity contribution is 5.96. The van der Waals surface area contributed by atoms with Gasteiger partial charge in [-0.05, 0) is 18.2 Å². The van der Waals surface area contributed by atoms with Gasteiger partial charge in [0, 0.05) is 45.1 Å². The Labute approximate surface area is 143 Å². The zero-order valence-electron chi connectivity index (χ0n) is 13.6. The van der Waals surface area contributed by atoms with Crippen LogP contribution in [0, 0.1) is 0 Å². The Bertz CT molecular complexity index is 707. The normalized spacial score (nSPS) is 16.2. The van der Waals surface area contributed by atoms with Crippen molar-refractivity contribution in [2.45, 2.75) is 12.7 Å². The van der Waals surface area contributed by atoms with E-state index in [1.807, 2.05) is 16.9 Å². The fourth-order valence-corrected chi connectivity index (χ4v) is 2.94. The number of halogens is 3. The molecule has 1 aliphatic rings. The van der Waals surface area contributed by atoms with E-state index in [1.54, 1.807) is 6.20 Å². The van der Waals surface area contributed by atoms with E-state index >= 15 is 0 Å². The van der Waals surface area contributed by atoms with Crippen molar-refractivity contribution in [3.63, 3.8) is 0 Å². The van der Waals surface area contributed by atoms with Gasteiger partial charge < -0.3 is 4.90 Å². The topological polar surface area (TPSA) is 41.4 Å². The lowest BCUT2D eigenvalue weighted by molar-refractivity contribution is -0.138. The number of hydrogen-bond donors (Lipinski definition) is 0. The molecule has 0 spiro atoms. The highest BCUT2D eigenvalue weighted by atomic mass is 19.4. The Kier molecular flexibility index (Phi) is 5.08. The third-order valence-corrected chi connectivity index (χ3v) is 4.33. The van der Waals surface area contributed by atoms with Crippen molar-refractivity contribution in [1.82, 2.24) is 19.6 Å². The van der Waals surface area contributed by atoms with Crippen molar-refractivity contribution < 1.29 is 18.0 Å². The third-order valence-electron chi connectivity index (χ3n) is 4.33. The van der Waals surface area contributed by atoms with Gasteiger partial charge in [-0.3, -0.25) is 14.4 Å². The first kappa shape index (κ1) is 17.5. The predicted octanol–water partition coefficient (Wildman–Crippen LogP) is 2.36. The lowest BCUT2D eigenvalue weighted by atomic mass is 10.1. The molecule has 0 saturated carbocycles. The molecule has 0 radical (unpaired) electrons. The van der Waals surface area contributed by atoms with Crippen LogP contribution in [0.2, 0.25) is 0 Å². The standard InChI is InChI=1S/C17H19F3N4O/c18-17(19,20)15-5-2-1-4-14(15)16(25)23-11-8-22(9-12-23)10-13-24-7-3-6-21-24/h1-7H,8-13H2. The summed E-state index contributed by atoms with van der Waals surface area (Å²) in [4.78, 5) is 16.2. The van der Waals surface area contributed by atoms with E-state index in [4.69, 9.17) is 0 Å². The van der Waals surface area contributed by atoms with Crippen molar-refractivity contribution in [2.24, 2.45) is 0 Å². The Hall–Kier alpha value is -2.35. The highest BCUT2D eigenvalue weighted by Crippen LogP contribution is 2.32. The maximum atomic E-state index is 13.1. The molecule has 0 atom stereocenters. The van der Waals surface area contributed by atoms with Gasteiger partial charge in [0.2, 0.25) is 0 Å². The van der Waals surface area contributed by atoms with Gasteiger partial charge in [0.25, 0.3) is 5.91 Å². The summed E-state index contributed by atoms with van der Waals surface area (Å²) >= 11 is 0. The summed E-state index contributed by atoms with van der Waals surface area (Å²) in [6.07, 6.45) is -0.930. The van der Waals surface area contributed by atoms with E-state index in [0.29, 0.717) is 26.2 Å². The number of piperazine rings is 1. The molecule has 2 heterocycles. The minimum Gasteiger partial charge on any atom is -0.336 e. The van der Waals surface area contributed by atoms with Crippen molar-refractivity contribution in [2.75, 3.05) is 32.7 Å². The van der Waals surface area contributed by atoms with Crippen LogP contribution in [0.1, 0.15) is 15.9 Å². The number of benzene rings is 1. The summed E-state index contributed by atoms with van der Waals surface area (Å²) in [6, 6.07) is 6.81. The summed E-state index contributed by atoms with van der Waals surface area (Å²) in [6.45, 7) is 3.66. The average molecular weight is 352 g/mol. The van der Waals surface area contributed by atoms with Crippen LogP contribution in [-0.4, -0.2) is 58.2 Å². The first-order valence-electron chi connectivity index (χ1n) is 8.10. The van der Waals surface area contributed by atoms with Gasteiger partial charge in [-0.2, -0.15) is 18.3 Å². The number of nitrogens with zero attached hydrogens (tertiary/aromatic N) is 4. The van der Waals surface area contributed by atoms with E-state index in [9.17, 15) is 18.0 Å². The zero-order valence-corrected chi connectivity index (χ0v) is 13.6. The fourth-order valence-electron chi connectivity index (χ4n) is 2.94. The summed E-state index contributed by atoms with van der Waals surface area (Å²) in [7, 11) is 0. The van der Waals surface area contributed by atoms with Crippen molar-refractivity contribution >= 4 is 5.91 Å². The van der Waals surface area contributed by atoms with Crippen molar-refractivity contribution in [3.8, 4) is 0 Å². The fraction of sp³-hybridized carbons (Fsp3) is 0.412. The Morgan fingerprint density at radius 2 is 1.76 bits per heavy atom. The van der Waals surface area contributed by atoms with Crippen LogP contribution in [0.25, 0.3) is 0 Å². The third kappa shape index (κ3) is 4.19. The predicted molar refractivity (Wildman–Crippen MR) is 86.0 cm³/mol. The smallest absolute Gasteiger partial charge is 0.336 e. The zero-order chi connectivity index (χ0) is 17.9. The molecule has 8 heteroatoms. The Morgan fingerprint density at radius 1 is 1.04 bits per heavy atom. The van der Waals surface area contributed by atoms with E-state index < -0.39 is 17.6 Å². The number of carbonyl (C=O) groups excluding carboxylic acids is 1. The van der Waals surface area contributed by atoms with Gasteiger partial charge in [0.05, 0.1) is 17.7 Å². The van der Waals surface area contributed by atoms with E-state index in [1.165, 1.54) is 23.1 Å². The van der Waals surface area contributed by atoms with Gasteiger partial charge in [-0.15, -0.1) is 0 Å². The second kappa shape index (κ2) is 7.26. The second-order valence-corrected chi connectivity index (χ2v) is 5.95. The lowest BCUT2D eigenvalue weighted by Crippen LogP contribution is -2.49. The Morgan fingerprint density at radius 3 is 2.40 bits per heavy atom. The van der Waals surface area contributed by atoms with Crippen LogP contribution in [-0.2, 0) is 12.7 Å². The first-order chi connectivity index (χ1) is 11.9. The van der Waals surface area contributed by atoms with Gasteiger partial charge >= 0.3 is 6.18 Å². The molecule has 5 nitrogen and oxygen atoms in total. The summed E-state index contributed by atoms with van der Waals surface area (Å²) < 4.78 is 41.1. The van der Waals surface area contributed by atoms with E-state index in [2.05, 4.69) is 10.00 Å². The number of alkyl halides is 3. The molecule has 3 rings (SSSR count). The highest BCUT2D eigenvalue weighted by Gasteiger charge is 2.36. The SMILES string of the molecule is O=C(c1ccccc1C(F)(F)F)N1CCN(CCn2cccn2)CC1. The second-order valence-electron chi connectivity index (χ2n) is 5.95. The lowest BCUT2D eigenvalue weighted by Gasteiger charge is -2.35. The number of carbonyl (C=O) groups is 1. The summed E-state index contributed by atoms with van der Waals surface area (Å²) in [5.74, 6) is -0.556. The molecule has 0 unspecified atom stereocenters. The molecule has 0 bridgehead atoms. The van der Waals surface area contributed by atoms with Gasteiger partial charge in [-0.1, -0.05) is 12.1 Å². The van der Waals surface area contributed by atoms with Crippen LogP contribution in [0.4, 0.5) is 13.2 Å². The molecule has 2 aromatic rings. The van der Waals surface area contributed by atoms with Crippen LogP contribution >= 0.6 is 0 Å². The van der Waals surface area contributed by atoms with Crippen molar-refractivity contribution in [1.29, 1.82) is 0 Å². The molecule has 1 aromatic heterocycles. The average Bonchev–Trinajstić information content (AvgIpc) is 3.13. The molecule has 1 aliphatic heterocycles. The molecule has 25 heavy (non-hydrogen) atoms. The quantitative estimate of drug-likeness (QED) is 0.848. The van der Waals surface area contributed by atoms with E-state index in [0.717, 1.165) is 19.2 Å². The largest absolute Gasteiger partial charge is 0.417 e. The molecular formula is C17H19F3N4O. The van der Waals surface area contributed by atoms with Gasteiger partial charge in [0.1, 0.15) is 0 Å². The monoisotopic (exact) mass is 352 g/mol.